The zero-order chi connectivity index (χ0) is 19.4. The van der Waals surface area contributed by atoms with Gasteiger partial charge in [-0.05, 0) is 36.4 Å². The largest absolute Gasteiger partial charge is 0.378 e. The molecule has 1 heterocycles. The molecule has 0 bridgehead atoms. The number of rotatable bonds is 3. The molecule has 0 saturated carbocycles. The summed E-state index contributed by atoms with van der Waals surface area (Å²) < 4.78 is 13.9. The van der Waals surface area contributed by atoms with Crippen molar-refractivity contribution in [3.63, 3.8) is 0 Å². The van der Waals surface area contributed by atoms with Crippen molar-refractivity contribution in [1.82, 2.24) is 4.90 Å². The number of hydrogen-bond donors (Lipinski definition) is 1. The second kappa shape index (κ2) is 8.07. The van der Waals surface area contributed by atoms with Gasteiger partial charge in [0.15, 0.2) is 0 Å². The summed E-state index contributed by atoms with van der Waals surface area (Å²) in [5.41, 5.74) is 2.10. The van der Waals surface area contributed by atoms with Crippen molar-refractivity contribution in [2.75, 3.05) is 55.4 Å². The lowest BCUT2D eigenvalue weighted by molar-refractivity contribution is -0.143. The highest BCUT2D eigenvalue weighted by molar-refractivity contribution is 6.39. The zero-order valence-electron chi connectivity index (χ0n) is 15.5. The molecule has 1 saturated heterocycles. The number of amides is 2. The number of carbonyl (C=O) groups is 2. The van der Waals surface area contributed by atoms with E-state index in [1.165, 1.54) is 11.0 Å². The quantitative estimate of drug-likeness (QED) is 0.842. The Morgan fingerprint density at radius 1 is 0.963 bits per heavy atom. The van der Waals surface area contributed by atoms with Gasteiger partial charge in [-0.15, -0.1) is 0 Å². The second-order valence-electron chi connectivity index (χ2n) is 6.63. The topological polar surface area (TPSA) is 55.9 Å². The Morgan fingerprint density at radius 3 is 2.19 bits per heavy atom. The Morgan fingerprint density at radius 2 is 1.59 bits per heavy atom. The second-order valence-corrected chi connectivity index (χ2v) is 6.63. The molecule has 0 atom stereocenters. The van der Waals surface area contributed by atoms with Crippen molar-refractivity contribution in [2.45, 2.75) is 0 Å². The van der Waals surface area contributed by atoms with Gasteiger partial charge in [-0.1, -0.05) is 12.1 Å². The lowest BCUT2D eigenvalue weighted by Crippen LogP contribution is -2.51. The molecule has 3 rings (SSSR count). The summed E-state index contributed by atoms with van der Waals surface area (Å²) in [6.07, 6.45) is 0. The lowest BCUT2D eigenvalue weighted by Gasteiger charge is -2.35. The van der Waals surface area contributed by atoms with E-state index < -0.39 is 11.8 Å². The number of halogens is 1. The summed E-state index contributed by atoms with van der Waals surface area (Å²) in [6.45, 7) is 1.72. The highest BCUT2D eigenvalue weighted by atomic mass is 19.1. The summed E-state index contributed by atoms with van der Waals surface area (Å²) in [5.74, 6) is -1.51. The van der Waals surface area contributed by atoms with Crippen molar-refractivity contribution < 1.29 is 14.0 Å². The Balaban J connectivity index is 1.55. The lowest BCUT2D eigenvalue weighted by atomic mass is 10.2. The Kier molecular flexibility index (Phi) is 5.59. The van der Waals surface area contributed by atoms with Crippen LogP contribution in [0.3, 0.4) is 0 Å². The number of benzene rings is 2. The fraction of sp³-hybridized carbons (Fsp3) is 0.300. The minimum absolute atomic E-state index is 0.281. The van der Waals surface area contributed by atoms with Gasteiger partial charge >= 0.3 is 11.8 Å². The molecule has 0 aliphatic carbocycles. The van der Waals surface area contributed by atoms with Crippen LogP contribution in [0.15, 0.2) is 48.5 Å². The maximum absolute atomic E-state index is 13.9. The third-order valence-corrected chi connectivity index (χ3v) is 4.60. The van der Waals surface area contributed by atoms with Crippen LogP contribution in [0.2, 0.25) is 0 Å². The minimum atomic E-state index is -0.660. The molecule has 27 heavy (non-hydrogen) atoms. The molecule has 0 spiro atoms. The molecule has 0 aromatic heterocycles. The van der Waals surface area contributed by atoms with Gasteiger partial charge in [0, 0.05) is 51.6 Å². The van der Waals surface area contributed by atoms with E-state index in [2.05, 4.69) is 5.32 Å². The SMILES string of the molecule is CN(C)c1ccc(NC(=O)C(=O)N2CCN(c3ccccc3F)CC2)cc1. The van der Waals surface area contributed by atoms with E-state index in [-0.39, 0.29) is 5.82 Å². The van der Waals surface area contributed by atoms with Crippen molar-refractivity contribution >= 4 is 28.9 Å². The molecule has 0 unspecified atom stereocenters. The van der Waals surface area contributed by atoms with Gasteiger partial charge in [-0.3, -0.25) is 9.59 Å². The van der Waals surface area contributed by atoms with E-state index in [4.69, 9.17) is 0 Å². The van der Waals surface area contributed by atoms with Gasteiger partial charge < -0.3 is 20.0 Å². The fourth-order valence-corrected chi connectivity index (χ4v) is 3.03. The van der Waals surface area contributed by atoms with Crippen LogP contribution in [0.5, 0.6) is 0 Å². The maximum atomic E-state index is 13.9. The fourth-order valence-electron chi connectivity index (χ4n) is 3.03. The van der Waals surface area contributed by atoms with Crippen LogP contribution < -0.4 is 15.1 Å². The van der Waals surface area contributed by atoms with E-state index in [0.717, 1.165) is 5.69 Å². The highest BCUT2D eigenvalue weighted by Gasteiger charge is 2.27. The average molecular weight is 370 g/mol. The summed E-state index contributed by atoms with van der Waals surface area (Å²) in [7, 11) is 3.86. The predicted molar refractivity (Wildman–Crippen MR) is 105 cm³/mol. The molecule has 1 aliphatic heterocycles. The van der Waals surface area contributed by atoms with E-state index in [0.29, 0.717) is 37.6 Å². The van der Waals surface area contributed by atoms with Crippen molar-refractivity contribution in [2.24, 2.45) is 0 Å². The first-order valence-corrected chi connectivity index (χ1v) is 8.83. The Bertz CT molecular complexity index is 815. The molecule has 1 fully saturated rings. The van der Waals surface area contributed by atoms with Gasteiger partial charge in [0.05, 0.1) is 5.69 Å². The highest BCUT2D eigenvalue weighted by Crippen LogP contribution is 2.20. The van der Waals surface area contributed by atoms with E-state index in [1.54, 1.807) is 30.3 Å². The van der Waals surface area contributed by atoms with Crippen LogP contribution in [0, 0.1) is 5.82 Å². The van der Waals surface area contributed by atoms with Gasteiger partial charge in [0.2, 0.25) is 0 Å². The van der Waals surface area contributed by atoms with Crippen LogP contribution in [-0.4, -0.2) is 57.0 Å². The van der Waals surface area contributed by atoms with Gasteiger partial charge in [-0.25, -0.2) is 4.39 Å². The molecule has 2 amide bonds. The molecule has 1 N–H and O–H groups in total. The van der Waals surface area contributed by atoms with Crippen molar-refractivity contribution in [1.29, 1.82) is 0 Å². The van der Waals surface area contributed by atoms with E-state index in [9.17, 15) is 14.0 Å². The molecule has 142 valence electrons. The van der Waals surface area contributed by atoms with Gasteiger partial charge in [0.1, 0.15) is 5.82 Å². The molecule has 0 radical (unpaired) electrons. The number of nitrogens with zero attached hydrogens (tertiary/aromatic N) is 3. The zero-order valence-corrected chi connectivity index (χ0v) is 15.5. The first-order chi connectivity index (χ1) is 13.0. The molecule has 6 nitrogen and oxygen atoms in total. The molecule has 7 heteroatoms. The number of carbonyl (C=O) groups excluding carboxylic acids is 2. The molecular formula is C20H23FN4O2. The number of anilines is 3. The Labute approximate surface area is 158 Å². The normalized spacial score (nSPS) is 14.0. The van der Waals surface area contributed by atoms with E-state index in [1.807, 2.05) is 36.0 Å². The number of piperazine rings is 1. The van der Waals surface area contributed by atoms with Crippen LogP contribution in [0.25, 0.3) is 0 Å². The smallest absolute Gasteiger partial charge is 0.313 e. The average Bonchev–Trinajstić information content (AvgIpc) is 2.68. The number of hydrogen-bond acceptors (Lipinski definition) is 4. The standard InChI is InChI=1S/C20H23FN4O2/c1-23(2)16-9-7-15(8-10-16)22-19(26)20(27)25-13-11-24(12-14-25)18-6-4-3-5-17(18)21/h3-10H,11-14H2,1-2H3,(H,22,26). The summed E-state index contributed by atoms with van der Waals surface area (Å²) in [5, 5.41) is 2.63. The molecule has 2 aromatic rings. The molecule has 2 aromatic carbocycles. The van der Waals surface area contributed by atoms with Crippen LogP contribution in [0.1, 0.15) is 0 Å². The molecular weight excluding hydrogens is 347 g/mol. The summed E-state index contributed by atoms with van der Waals surface area (Å²) >= 11 is 0. The van der Waals surface area contributed by atoms with Crippen LogP contribution >= 0.6 is 0 Å². The van der Waals surface area contributed by atoms with Crippen molar-refractivity contribution in [3.8, 4) is 0 Å². The van der Waals surface area contributed by atoms with Gasteiger partial charge in [0.25, 0.3) is 0 Å². The first-order valence-electron chi connectivity index (χ1n) is 8.83. The van der Waals surface area contributed by atoms with Gasteiger partial charge in [-0.2, -0.15) is 0 Å². The third-order valence-electron chi connectivity index (χ3n) is 4.60. The number of para-hydroxylation sites is 1. The first kappa shape index (κ1) is 18.7. The predicted octanol–water partition coefficient (Wildman–Crippen LogP) is 2.18. The Hall–Kier alpha value is -3.09. The van der Waals surface area contributed by atoms with Crippen LogP contribution in [-0.2, 0) is 9.59 Å². The third kappa shape index (κ3) is 4.36. The minimum Gasteiger partial charge on any atom is -0.378 e. The van der Waals surface area contributed by atoms with E-state index >= 15 is 0 Å². The van der Waals surface area contributed by atoms with Crippen molar-refractivity contribution in [3.05, 3.63) is 54.3 Å². The maximum Gasteiger partial charge on any atom is 0.313 e. The summed E-state index contributed by atoms with van der Waals surface area (Å²) in [4.78, 5) is 30.0. The monoisotopic (exact) mass is 370 g/mol. The molecule has 1 aliphatic rings. The van der Waals surface area contributed by atoms with Crippen LogP contribution in [0.4, 0.5) is 21.5 Å². The number of nitrogens with one attached hydrogen (secondary N) is 1. The summed E-state index contributed by atoms with van der Waals surface area (Å²) in [6, 6.07) is 13.8.